The van der Waals surface area contributed by atoms with Crippen LogP contribution in [0.4, 0.5) is 5.69 Å². The van der Waals surface area contributed by atoms with Crippen molar-refractivity contribution in [2.45, 2.75) is 19.9 Å². The van der Waals surface area contributed by atoms with Gasteiger partial charge in [-0.15, -0.1) is 0 Å². The summed E-state index contributed by atoms with van der Waals surface area (Å²) in [4.78, 5) is 11.8. The second kappa shape index (κ2) is 5.65. The molecule has 2 rings (SSSR count). The zero-order chi connectivity index (χ0) is 13.8. The number of rotatable bonds is 4. The summed E-state index contributed by atoms with van der Waals surface area (Å²) in [5.74, 6) is -0.171. The summed E-state index contributed by atoms with van der Waals surface area (Å²) in [6, 6.07) is 7.26. The van der Waals surface area contributed by atoms with Crippen molar-refractivity contribution in [3.63, 3.8) is 0 Å². The molecule has 1 atom stereocenters. The Morgan fingerprint density at radius 1 is 1.32 bits per heavy atom. The van der Waals surface area contributed by atoms with Crippen molar-refractivity contribution in [2.24, 2.45) is 5.92 Å². The molecule has 0 fully saturated rings. The molecule has 0 saturated heterocycles. The van der Waals surface area contributed by atoms with E-state index in [1.807, 2.05) is 38.1 Å². The van der Waals surface area contributed by atoms with E-state index in [9.17, 15) is 4.79 Å². The molecule has 5 heteroatoms. The molecule has 1 aromatic carbocycles. The lowest BCUT2D eigenvalue weighted by Crippen LogP contribution is -2.35. The lowest BCUT2D eigenvalue weighted by molar-refractivity contribution is -0.142. The number of benzene rings is 1. The molecule has 1 unspecified atom stereocenters. The zero-order valence-corrected chi connectivity index (χ0v) is 11.3. The van der Waals surface area contributed by atoms with Gasteiger partial charge in [0.1, 0.15) is 6.04 Å². The molecule has 0 aliphatic carbocycles. The van der Waals surface area contributed by atoms with Gasteiger partial charge in [0.05, 0.1) is 24.5 Å². The summed E-state index contributed by atoms with van der Waals surface area (Å²) in [5, 5.41) is 12.1. The van der Waals surface area contributed by atoms with Crippen molar-refractivity contribution < 1.29 is 9.53 Å². The van der Waals surface area contributed by atoms with Gasteiger partial charge in [-0.25, -0.2) is 4.79 Å². The Balaban J connectivity index is 2.36. The third-order valence-electron chi connectivity index (χ3n) is 2.98. The second-order valence-corrected chi connectivity index (χ2v) is 4.66. The number of hydrogen-bond donors (Lipinski definition) is 1. The van der Waals surface area contributed by atoms with Crippen LogP contribution in [-0.2, 0) is 9.53 Å². The van der Waals surface area contributed by atoms with Gasteiger partial charge in [-0.2, -0.15) is 10.2 Å². The Morgan fingerprint density at radius 3 is 2.74 bits per heavy atom. The predicted molar refractivity (Wildman–Crippen MR) is 73.8 cm³/mol. The quantitative estimate of drug-likeness (QED) is 0.853. The molecule has 0 aliphatic heterocycles. The third-order valence-corrected chi connectivity index (χ3v) is 2.98. The minimum Gasteiger partial charge on any atom is -0.467 e. The number of methoxy groups -OCH3 is 1. The van der Waals surface area contributed by atoms with Crippen molar-refractivity contribution in [3.8, 4) is 0 Å². The normalized spacial score (nSPS) is 12.4. The van der Waals surface area contributed by atoms with E-state index < -0.39 is 6.04 Å². The molecule has 0 aliphatic rings. The minimum absolute atomic E-state index is 0.111. The molecule has 5 nitrogen and oxygen atoms in total. The first kappa shape index (κ1) is 13.3. The lowest BCUT2D eigenvalue weighted by Gasteiger charge is -2.21. The van der Waals surface area contributed by atoms with E-state index in [2.05, 4.69) is 15.5 Å². The van der Waals surface area contributed by atoms with Crippen LogP contribution in [0.5, 0.6) is 0 Å². The highest BCUT2D eigenvalue weighted by Crippen LogP contribution is 2.22. The number of carbonyl (C=O) groups is 1. The number of aromatic nitrogens is 2. The van der Waals surface area contributed by atoms with E-state index >= 15 is 0 Å². The Bertz CT molecular complexity index is 578. The molecule has 100 valence electrons. The molecular weight excluding hydrogens is 242 g/mol. The fraction of sp³-hybridized carbons (Fsp3) is 0.357. The minimum atomic E-state index is -0.405. The van der Waals surface area contributed by atoms with Crippen LogP contribution in [-0.4, -0.2) is 29.3 Å². The SMILES string of the molecule is COC(=O)C(Nc1cnnc2ccccc12)C(C)C. The fourth-order valence-electron chi connectivity index (χ4n) is 1.91. The molecular formula is C14H17N3O2. The molecule has 0 amide bonds. The Hall–Kier alpha value is -2.17. The van der Waals surface area contributed by atoms with Gasteiger partial charge in [0, 0.05) is 5.39 Å². The lowest BCUT2D eigenvalue weighted by atomic mass is 10.0. The van der Waals surface area contributed by atoms with E-state index in [0.717, 1.165) is 16.6 Å². The monoisotopic (exact) mass is 259 g/mol. The maximum absolute atomic E-state index is 11.8. The molecule has 0 bridgehead atoms. The standard InChI is InChI=1S/C14H17N3O2/c1-9(2)13(14(18)19-3)16-12-8-15-17-11-7-5-4-6-10(11)12/h4-9,13H,1-3H3,(H,16,17). The molecule has 0 radical (unpaired) electrons. The topological polar surface area (TPSA) is 64.1 Å². The molecule has 1 N–H and O–H groups in total. The first-order chi connectivity index (χ1) is 9.13. The fourth-order valence-corrected chi connectivity index (χ4v) is 1.91. The van der Waals surface area contributed by atoms with Crippen molar-refractivity contribution in [2.75, 3.05) is 12.4 Å². The van der Waals surface area contributed by atoms with Crippen LogP contribution in [0.25, 0.3) is 10.9 Å². The molecule has 1 aromatic heterocycles. The van der Waals surface area contributed by atoms with E-state index in [0.29, 0.717) is 0 Å². The number of nitrogens with zero attached hydrogens (tertiary/aromatic N) is 2. The predicted octanol–water partition coefficient (Wildman–Crippen LogP) is 2.24. The number of esters is 1. The average molecular weight is 259 g/mol. The van der Waals surface area contributed by atoms with Gasteiger partial charge < -0.3 is 10.1 Å². The average Bonchev–Trinajstić information content (AvgIpc) is 2.43. The largest absolute Gasteiger partial charge is 0.467 e. The summed E-state index contributed by atoms with van der Waals surface area (Å²) in [6.07, 6.45) is 1.63. The summed E-state index contributed by atoms with van der Waals surface area (Å²) in [5.41, 5.74) is 1.58. The summed E-state index contributed by atoms with van der Waals surface area (Å²) < 4.78 is 4.82. The number of hydrogen-bond acceptors (Lipinski definition) is 5. The molecule has 1 heterocycles. The zero-order valence-electron chi connectivity index (χ0n) is 11.3. The van der Waals surface area contributed by atoms with E-state index in [1.165, 1.54) is 7.11 Å². The van der Waals surface area contributed by atoms with E-state index in [-0.39, 0.29) is 11.9 Å². The van der Waals surface area contributed by atoms with Gasteiger partial charge in [-0.1, -0.05) is 32.0 Å². The van der Waals surface area contributed by atoms with Crippen molar-refractivity contribution in [1.82, 2.24) is 10.2 Å². The van der Waals surface area contributed by atoms with Crippen molar-refractivity contribution in [1.29, 1.82) is 0 Å². The van der Waals surface area contributed by atoms with Crippen molar-refractivity contribution >= 4 is 22.6 Å². The highest BCUT2D eigenvalue weighted by atomic mass is 16.5. The Morgan fingerprint density at radius 2 is 2.05 bits per heavy atom. The number of anilines is 1. The maximum Gasteiger partial charge on any atom is 0.328 e. The van der Waals surface area contributed by atoms with E-state index in [1.54, 1.807) is 6.20 Å². The van der Waals surface area contributed by atoms with Crippen LogP contribution in [0.3, 0.4) is 0 Å². The highest BCUT2D eigenvalue weighted by molar-refractivity contribution is 5.92. The first-order valence-corrected chi connectivity index (χ1v) is 6.18. The Kier molecular flexibility index (Phi) is 3.94. The smallest absolute Gasteiger partial charge is 0.328 e. The third kappa shape index (κ3) is 2.81. The van der Waals surface area contributed by atoms with Crippen LogP contribution >= 0.6 is 0 Å². The van der Waals surface area contributed by atoms with Gasteiger partial charge in [0.2, 0.25) is 0 Å². The van der Waals surface area contributed by atoms with Gasteiger partial charge in [-0.3, -0.25) is 0 Å². The Labute approximate surface area is 112 Å². The van der Waals surface area contributed by atoms with Crippen LogP contribution in [0, 0.1) is 5.92 Å². The van der Waals surface area contributed by atoms with Gasteiger partial charge >= 0.3 is 5.97 Å². The van der Waals surface area contributed by atoms with Crippen LogP contribution in [0.15, 0.2) is 30.5 Å². The second-order valence-electron chi connectivity index (χ2n) is 4.66. The maximum atomic E-state index is 11.8. The summed E-state index contributed by atoms with van der Waals surface area (Å²) in [6.45, 7) is 3.93. The van der Waals surface area contributed by atoms with Crippen molar-refractivity contribution in [3.05, 3.63) is 30.5 Å². The molecule has 0 spiro atoms. The highest BCUT2D eigenvalue weighted by Gasteiger charge is 2.23. The van der Waals surface area contributed by atoms with Crippen LogP contribution in [0.1, 0.15) is 13.8 Å². The van der Waals surface area contributed by atoms with E-state index in [4.69, 9.17) is 4.74 Å². The van der Waals surface area contributed by atoms with Gasteiger partial charge in [-0.05, 0) is 12.0 Å². The number of carbonyl (C=O) groups excluding carboxylic acids is 1. The van der Waals surface area contributed by atoms with Gasteiger partial charge in [0.25, 0.3) is 0 Å². The molecule has 2 aromatic rings. The molecule has 0 saturated carbocycles. The first-order valence-electron chi connectivity index (χ1n) is 6.18. The molecule has 19 heavy (non-hydrogen) atoms. The van der Waals surface area contributed by atoms with Crippen LogP contribution < -0.4 is 5.32 Å². The van der Waals surface area contributed by atoms with Gasteiger partial charge in [0.15, 0.2) is 0 Å². The van der Waals surface area contributed by atoms with Crippen LogP contribution in [0.2, 0.25) is 0 Å². The summed E-state index contributed by atoms with van der Waals surface area (Å²) in [7, 11) is 1.39. The summed E-state index contributed by atoms with van der Waals surface area (Å²) >= 11 is 0. The number of ether oxygens (including phenoxy) is 1. The number of fused-ring (bicyclic) bond motifs is 1. The number of nitrogens with one attached hydrogen (secondary N) is 1.